The van der Waals surface area contributed by atoms with Gasteiger partial charge in [0.25, 0.3) is 0 Å². The van der Waals surface area contributed by atoms with Crippen LogP contribution in [0, 0.1) is 0 Å². The van der Waals surface area contributed by atoms with E-state index in [4.69, 9.17) is 4.74 Å². The summed E-state index contributed by atoms with van der Waals surface area (Å²) >= 11 is 0. The molecule has 1 saturated heterocycles. The number of urea groups is 1. The predicted octanol–water partition coefficient (Wildman–Crippen LogP) is 3.02. The van der Waals surface area contributed by atoms with Gasteiger partial charge in [-0.1, -0.05) is 24.3 Å². The van der Waals surface area contributed by atoms with E-state index in [2.05, 4.69) is 15.3 Å². The van der Waals surface area contributed by atoms with Gasteiger partial charge in [0.15, 0.2) is 0 Å². The maximum absolute atomic E-state index is 12.6. The number of carbonyl (C=O) groups excluding carboxylic acids is 1. The van der Waals surface area contributed by atoms with Crippen molar-refractivity contribution in [3.63, 3.8) is 0 Å². The van der Waals surface area contributed by atoms with E-state index in [1.807, 2.05) is 49.9 Å². The van der Waals surface area contributed by atoms with Gasteiger partial charge in [0.1, 0.15) is 6.33 Å². The summed E-state index contributed by atoms with van der Waals surface area (Å²) in [7, 11) is 0. The highest BCUT2D eigenvalue weighted by molar-refractivity contribution is 5.75. The smallest absolute Gasteiger partial charge is 0.318 e. The van der Waals surface area contributed by atoms with Crippen molar-refractivity contribution < 1.29 is 9.53 Å². The Morgan fingerprint density at radius 2 is 1.88 bits per heavy atom. The molecular weight excluding hydrogens is 316 g/mol. The van der Waals surface area contributed by atoms with Crippen LogP contribution in [0.3, 0.4) is 0 Å². The van der Waals surface area contributed by atoms with Crippen LogP contribution in [0.15, 0.2) is 43.0 Å². The molecule has 6 heteroatoms. The Bertz CT molecular complexity index is 705. The number of hydrogen-bond acceptors (Lipinski definition) is 4. The molecule has 1 aliphatic rings. The summed E-state index contributed by atoms with van der Waals surface area (Å²) in [6.07, 6.45) is 5.15. The molecule has 0 spiro atoms. The van der Waals surface area contributed by atoms with Crippen LogP contribution in [0.1, 0.15) is 32.4 Å². The highest BCUT2D eigenvalue weighted by Crippen LogP contribution is 2.21. The van der Waals surface area contributed by atoms with Crippen LogP contribution in [0.2, 0.25) is 0 Å². The zero-order chi connectivity index (χ0) is 17.8. The van der Waals surface area contributed by atoms with E-state index in [9.17, 15) is 4.79 Å². The highest BCUT2D eigenvalue weighted by atomic mass is 16.5. The van der Waals surface area contributed by atoms with Crippen LogP contribution in [0.4, 0.5) is 4.79 Å². The molecule has 1 N–H and O–H groups in total. The molecule has 3 rings (SSSR count). The molecule has 0 bridgehead atoms. The van der Waals surface area contributed by atoms with Crippen molar-refractivity contribution >= 4 is 6.03 Å². The van der Waals surface area contributed by atoms with E-state index in [1.54, 1.807) is 12.4 Å². The van der Waals surface area contributed by atoms with Crippen molar-refractivity contribution in [3.05, 3.63) is 48.5 Å². The van der Waals surface area contributed by atoms with Gasteiger partial charge in [-0.15, -0.1) is 0 Å². The zero-order valence-electron chi connectivity index (χ0n) is 14.8. The number of morpholine rings is 1. The summed E-state index contributed by atoms with van der Waals surface area (Å²) in [6.45, 7) is 7.22. The number of nitrogens with one attached hydrogen (secondary N) is 1. The van der Waals surface area contributed by atoms with Gasteiger partial charge in [-0.2, -0.15) is 0 Å². The van der Waals surface area contributed by atoms with E-state index < -0.39 is 0 Å². The molecule has 1 aromatic carbocycles. The number of rotatable bonds is 3. The molecule has 2 heterocycles. The first-order valence-corrected chi connectivity index (χ1v) is 8.60. The Morgan fingerprint density at radius 1 is 1.20 bits per heavy atom. The van der Waals surface area contributed by atoms with Gasteiger partial charge in [-0.25, -0.2) is 14.8 Å². The Hall–Kier alpha value is -2.47. The third kappa shape index (κ3) is 3.96. The van der Waals surface area contributed by atoms with Crippen LogP contribution in [-0.4, -0.2) is 46.2 Å². The number of hydrogen-bond donors (Lipinski definition) is 1. The molecule has 3 atom stereocenters. The van der Waals surface area contributed by atoms with Crippen LogP contribution in [-0.2, 0) is 4.74 Å². The fourth-order valence-electron chi connectivity index (χ4n) is 2.98. The number of nitrogens with zero attached hydrogens (tertiary/aromatic N) is 3. The number of aromatic nitrogens is 2. The molecule has 1 aromatic heterocycles. The maximum atomic E-state index is 12.6. The molecule has 0 aliphatic carbocycles. The summed E-state index contributed by atoms with van der Waals surface area (Å²) in [5.41, 5.74) is 3.09. The van der Waals surface area contributed by atoms with E-state index in [0.717, 1.165) is 16.7 Å². The normalized spacial score (nSPS) is 21.6. The highest BCUT2D eigenvalue weighted by Gasteiger charge is 2.29. The standard InChI is InChI=1S/C19H24N4O2/c1-13(22-19(24)23-8-9-25-15(3)14(23)2)16-4-6-17(7-5-16)18-10-20-12-21-11-18/h4-7,10-15H,8-9H2,1-3H3,(H,22,24)/t13-,14+,15-/m0/s1. The van der Waals surface area contributed by atoms with E-state index in [-0.39, 0.29) is 24.2 Å². The molecule has 25 heavy (non-hydrogen) atoms. The van der Waals surface area contributed by atoms with Gasteiger partial charge in [0.05, 0.1) is 24.8 Å². The average Bonchev–Trinajstić information content (AvgIpc) is 2.64. The zero-order valence-corrected chi connectivity index (χ0v) is 14.8. The van der Waals surface area contributed by atoms with Crippen molar-refractivity contribution in [2.24, 2.45) is 0 Å². The second kappa shape index (κ2) is 7.61. The predicted molar refractivity (Wildman–Crippen MR) is 96.0 cm³/mol. The number of amides is 2. The Kier molecular flexibility index (Phi) is 5.28. The molecular formula is C19H24N4O2. The lowest BCUT2D eigenvalue weighted by Gasteiger charge is -2.38. The average molecular weight is 340 g/mol. The summed E-state index contributed by atoms with van der Waals surface area (Å²) in [5.74, 6) is 0. The monoisotopic (exact) mass is 340 g/mol. The molecule has 0 unspecified atom stereocenters. The Balaban J connectivity index is 1.65. The molecule has 2 amide bonds. The van der Waals surface area contributed by atoms with E-state index in [1.165, 1.54) is 6.33 Å². The molecule has 1 fully saturated rings. The third-order valence-electron chi connectivity index (χ3n) is 4.79. The minimum absolute atomic E-state index is 0.0457. The maximum Gasteiger partial charge on any atom is 0.318 e. The topological polar surface area (TPSA) is 67.4 Å². The molecule has 6 nitrogen and oxygen atoms in total. The van der Waals surface area contributed by atoms with Gasteiger partial charge in [-0.05, 0) is 31.9 Å². The lowest BCUT2D eigenvalue weighted by atomic mass is 10.0. The first kappa shape index (κ1) is 17.4. The minimum atomic E-state index is -0.0704. The van der Waals surface area contributed by atoms with Crippen molar-refractivity contribution in [2.75, 3.05) is 13.2 Å². The van der Waals surface area contributed by atoms with E-state index in [0.29, 0.717) is 13.2 Å². The second-order valence-electron chi connectivity index (χ2n) is 6.43. The van der Waals surface area contributed by atoms with Gasteiger partial charge in [0.2, 0.25) is 0 Å². The first-order chi connectivity index (χ1) is 12.1. The number of benzene rings is 1. The van der Waals surface area contributed by atoms with E-state index >= 15 is 0 Å². The summed E-state index contributed by atoms with van der Waals surface area (Å²) in [5, 5.41) is 3.08. The minimum Gasteiger partial charge on any atom is -0.375 e. The largest absolute Gasteiger partial charge is 0.375 e. The third-order valence-corrected chi connectivity index (χ3v) is 4.79. The van der Waals surface area contributed by atoms with Crippen molar-refractivity contribution in [2.45, 2.75) is 39.0 Å². The van der Waals surface area contributed by atoms with Gasteiger partial charge >= 0.3 is 6.03 Å². The van der Waals surface area contributed by atoms with Gasteiger partial charge in [-0.3, -0.25) is 0 Å². The van der Waals surface area contributed by atoms with Crippen LogP contribution >= 0.6 is 0 Å². The van der Waals surface area contributed by atoms with Gasteiger partial charge in [0, 0.05) is 24.5 Å². The summed E-state index contributed by atoms with van der Waals surface area (Å²) < 4.78 is 5.58. The van der Waals surface area contributed by atoms with Crippen LogP contribution in [0.25, 0.3) is 11.1 Å². The SMILES string of the molecule is C[C@H](NC(=O)N1CCO[C@@H](C)[C@H]1C)c1ccc(-c2cncnc2)cc1. The van der Waals surface area contributed by atoms with Crippen molar-refractivity contribution in [1.82, 2.24) is 20.2 Å². The van der Waals surface area contributed by atoms with Crippen LogP contribution in [0.5, 0.6) is 0 Å². The number of ether oxygens (including phenoxy) is 1. The summed E-state index contributed by atoms with van der Waals surface area (Å²) in [4.78, 5) is 22.5. The van der Waals surface area contributed by atoms with Gasteiger partial charge < -0.3 is 15.0 Å². The van der Waals surface area contributed by atoms with Crippen molar-refractivity contribution in [1.29, 1.82) is 0 Å². The Labute approximate surface area is 148 Å². The molecule has 132 valence electrons. The second-order valence-corrected chi connectivity index (χ2v) is 6.43. The summed E-state index contributed by atoms with van der Waals surface area (Å²) in [6, 6.07) is 8.06. The fourth-order valence-corrected chi connectivity index (χ4v) is 2.98. The molecule has 0 radical (unpaired) electrons. The number of carbonyl (C=O) groups is 1. The van der Waals surface area contributed by atoms with Crippen molar-refractivity contribution in [3.8, 4) is 11.1 Å². The molecule has 0 saturated carbocycles. The van der Waals surface area contributed by atoms with Crippen LogP contribution < -0.4 is 5.32 Å². The Morgan fingerprint density at radius 3 is 2.56 bits per heavy atom. The lowest BCUT2D eigenvalue weighted by Crippen LogP contribution is -2.54. The fraction of sp³-hybridized carbons (Fsp3) is 0.421. The first-order valence-electron chi connectivity index (χ1n) is 8.60. The molecule has 2 aromatic rings. The quantitative estimate of drug-likeness (QED) is 0.932. The lowest BCUT2D eigenvalue weighted by molar-refractivity contribution is -0.0379. The molecule has 1 aliphatic heterocycles.